The molecule has 0 saturated carbocycles. The minimum absolute atomic E-state index is 0.0607. The molecular formula is C25H30ClN3O3. The minimum Gasteiger partial charge on any atom is -0.377 e. The monoisotopic (exact) mass is 455 g/mol. The van der Waals surface area contributed by atoms with Crippen LogP contribution in [-0.4, -0.2) is 33.6 Å². The summed E-state index contributed by atoms with van der Waals surface area (Å²) in [6.45, 7) is 6.44. The molecule has 0 aliphatic heterocycles. The lowest BCUT2D eigenvalue weighted by Gasteiger charge is -2.27. The van der Waals surface area contributed by atoms with Gasteiger partial charge in [-0.3, -0.25) is 14.7 Å². The first-order valence-electron chi connectivity index (χ1n) is 10.7. The van der Waals surface area contributed by atoms with Crippen LogP contribution in [0.1, 0.15) is 41.8 Å². The van der Waals surface area contributed by atoms with Gasteiger partial charge in [0.1, 0.15) is 0 Å². The van der Waals surface area contributed by atoms with Crippen molar-refractivity contribution in [3.63, 3.8) is 0 Å². The first-order chi connectivity index (χ1) is 15.3. The van der Waals surface area contributed by atoms with Gasteiger partial charge in [0, 0.05) is 35.9 Å². The molecule has 0 spiro atoms. The maximum absolute atomic E-state index is 12.0. The molecule has 2 atom stereocenters. The topological polar surface area (TPSA) is 76.4 Å². The molecule has 1 amide bonds. The van der Waals surface area contributed by atoms with Crippen LogP contribution in [0.3, 0.4) is 0 Å². The number of benzene rings is 2. The summed E-state index contributed by atoms with van der Waals surface area (Å²) in [5.74, 6) is -0.554. The number of aryl methyl sites for hydroxylation is 2. The highest BCUT2D eigenvalue weighted by molar-refractivity contribution is 6.30. The van der Waals surface area contributed by atoms with Crippen molar-refractivity contribution < 1.29 is 14.7 Å². The zero-order valence-electron chi connectivity index (χ0n) is 18.9. The number of halogens is 1. The number of carbonyl (C=O) groups excluding carboxylic acids is 1. The molecule has 0 saturated heterocycles. The van der Waals surface area contributed by atoms with Crippen LogP contribution < -0.4 is 5.48 Å². The van der Waals surface area contributed by atoms with E-state index in [2.05, 4.69) is 36.3 Å². The van der Waals surface area contributed by atoms with E-state index < -0.39 is 12.0 Å². The number of aromatic nitrogens is 2. The van der Waals surface area contributed by atoms with Gasteiger partial charge in [0.15, 0.2) is 0 Å². The lowest BCUT2D eigenvalue weighted by atomic mass is 9.85. The molecule has 0 aliphatic carbocycles. The van der Waals surface area contributed by atoms with E-state index in [0.717, 1.165) is 33.6 Å². The number of hydroxylamine groups is 1. The summed E-state index contributed by atoms with van der Waals surface area (Å²) in [6, 6.07) is 16.1. The molecule has 6 nitrogen and oxygen atoms in total. The fourth-order valence-corrected chi connectivity index (χ4v) is 4.31. The van der Waals surface area contributed by atoms with Crippen molar-refractivity contribution in [3.8, 4) is 11.1 Å². The molecule has 170 valence electrons. The molecule has 0 aliphatic rings. The second-order valence-electron chi connectivity index (χ2n) is 7.96. The normalized spacial score (nSPS) is 13.1. The van der Waals surface area contributed by atoms with Crippen molar-refractivity contribution in [3.05, 3.63) is 76.1 Å². The molecule has 1 aromatic heterocycles. The van der Waals surface area contributed by atoms with Gasteiger partial charge in [0.25, 0.3) is 0 Å². The Morgan fingerprint density at radius 1 is 1.16 bits per heavy atom. The number of hydrogen-bond donors (Lipinski definition) is 2. The zero-order chi connectivity index (χ0) is 23.3. The number of hydrogen-bond acceptors (Lipinski definition) is 4. The molecule has 2 aromatic carbocycles. The van der Waals surface area contributed by atoms with Crippen molar-refractivity contribution in [1.29, 1.82) is 0 Å². The summed E-state index contributed by atoms with van der Waals surface area (Å²) in [4.78, 5) is 12.0. The molecule has 32 heavy (non-hydrogen) atoms. The molecule has 1 heterocycles. The van der Waals surface area contributed by atoms with Gasteiger partial charge in [-0.2, -0.15) is 5.10 Å². The van der Waals surface area contributed by atoms with Gasteiger partial charge in [-0.1, -0.05) is 48.0 Å². The van der Waals surface area contributed by atoms with E-state index in [0.29, 0.717) is 18.1 Å². The number of nitrogens with zero attached hydrogens (tertiary/aromatic N) is 2. The third kappa shape index (κ3) is 5.57. The van der Waals surface area contributed by atoms with E-state index in [9.17, 15) is 4.79 Å². The van der Waals surface area contributed by atoms with Gasteiger partial charge in [-0.25, -0.2) is 5.48 Å². The van der Waals surface area contributed by atoms with Gasteiger partial charge >= 0.3 is 0 Å². The summed E-state index contributed by atoms with van der Waals surface area (Å²) in [7, 11) is 1.95. The van der Waals surface area contributed by atoms with Crippen molar-refractivity contribution >= 4 is 17.5 Å². The molecule has 2 N–H and O–H groups in total. The molecular weight excluding hydrogens is 426 g/mol. The Balaban J connectivity index is 1.97. The van der Waals surface area contributed by atoms with E-state index >= 15 is 0 Å². The van der Waals surface area contributed by atoms with E-state index in [1.807, 2.05) is 49.8 Å². The summed E-state index contributed by atoms with van der Waals surface area (Å²) < 4.78 is 7.86. The highest BCUT2D eigenvalue weighted by atomic mass is 35.5. The Hall–Kier alpha value is -2.67. The van der Waals surface area contributed by atoms with E-state index in [1.54, 1.807) is 5.48 Å². The van der Waals surface area contributed by atoms with E-state index in [4.69, 9.17) is 21.5 Å². The molecule has 0 bridgehead atoms. The summed E-state index contributed by atoms with van der Waals surface area (Å²) in [6.07, 6.45) is 0.339. The highest BCUT2D eigenvalue weighted by Crippen LogP contribution is 2.32. The molecule has 0 fully saturated rings. The maximum atomic E-state index is 12.0. The first-order valence-corrected chi connectivity index (χ1v) is 11.1. The van der Waals surface area contributed by atoms with Crippen molar-refractivity contribution in [2.75, 3.05) is 6.61 Å². The largest absolute Gasteiger partial charge is 0.377 e. The zero-order valence-corrected chi connectivity index (χ0v) is 19.7. The van der Waals surface area contributed by atoms with Gasteiger partial charge in [0.05, 0.1) is 18.2 Å². The molecule has 7 heteroatoms. The van der Waals surface area contributed by atoms with Crippen molar-refractivity contribution in [1.82, 2.24) is 15.3 Å². The summed E-state index contributed by atoms with van der Waals surface area (Å²) >= 11 is 6.06. The number of rotatable bonds is 9. The molecule has 3 aromatic rings. The van der Waals surface area contributed by atoms with Gasteiger partial charge in [-0.15, -0.1) is 0 Å². The van der Waals surface area contributed by atoms with Crippen LogP contribution in [0.4, 0.5) is 0 Å². The smallest absolute Gasteiger partial charge is 0.245 e. The van der Waals surface area contributed by atoms with Gasteiger partial charge in [-0.05, 0) is 56.0 Å². The summed E-state index contributed by atoms with van der Waals surface area (Å²) in [5.41, 5.74) is 8.22. The number of amides is 1. The van der Waals surface area contributed by atoms with Crippen LogP contribution in [0, 0.1) is 13.8 Å². The average molecular weight is 456 g/mol. The first kappa shape index (κ1) is 24.0. The third-order valence-electron chi connectivity index (χ3n) is 5.85. The maximum Gasteiger partial charge on any atom is 0.245 e. The van der Waals surface area contributed by atoms with Crippen LogP contribution in [0.25, 0.3) is 11.1 Å². The average Bonchev–Trinajstić information content (AvgIpc) is 3.04. The third-order valence-corrected chi connectivity index (χ3v) is 6.10. The lowest BCUT2D eigenvalue weighted by molar-refractivity contribution is -0.132. The van der Waals surface area contributed by atoms with Crippen LogP contribution in [0.5, 0.6) is 0 Å². The lowest BCUT2D eigenvalue weighted by Crippen LogP contribution is -2.31. The van der Waals surface area contributed by atoms with Gasteiger partial charge < -0.3 is 4.74 Å². The van der Waals surface area contributed by atoms with Crippen molar-refractivity contribution in [2.24, 2.45) is 7.05 Å². The highest BCUT2D eigenvalue weighted by Gasteiger charge is 2.27. The molecule has 3 rings (SSSR count). The predicted octanol–water partition coefficient (Wildman–Crippen LogP) is 4.98. The van der Waals surface area contributed by atoms with Crippen LogP contribution >= 0.6 is 11.6 Å². The second-order valence-corrected chi connectivity index (χ2v) is 8.40. The van der Waals surface area contributed by atoms with E-state index in [1.165, 1.54) is 0 Å². The Labute approximate surface area is 194 Å². The fourth-order valence-electron chi connectivity index (χ4n) is 4.19. The fraction of sp³-hybridized carbons (Fsp3) is 0.360. The minimum atomic E-state index is -0.470. The Morgan fingerprint density at radius 2 is 1.81 bits per heavy atom. The number of carbonyl (C=O) groups is 1. The number of ether oxygens (including phenoxy) is 1. The van der Waals surface area contributed by atoms with Crippen LogP contribution in [-0.2, 0) is 23.0 Å². The number of nitrogens with one attached hydrogen (secondary N) is 1. The standard InChI is InChI=1S/C25H30ClN3O3/c1-5-32-23(15-24(30)28-31)22(14-18-6-12-21(26)13-7-18)19-8-10-20(11-9-19)25-16(2)27-29(4)17(25)3/h6-13,22-23,31H,5,14-15H2,1-4H3,(H,28,30)/t22?,23-/m1/s1. The Kier molecular flexibility index (Phi) is 8.07. The van der Waals surface area contributed by atoms with Gasteiger partial charge in [0.2, 0.25) is 5.91 Å². The van der Waals surface area contributed by atoms with Crippen LogP contribution in [0.2, 0.25) is 5.02 Å². The Bertz CT molecular complexity index is 1050. The van der Waals surface area contributed by atoms with Crippen LogP contribution in [0.15, 0.2) is 48.5 Å². The molecule has 0 radical (unpaired) electrons. The van der Waals surface area contributed by atoms with E-state index in [-0.39, 0.29) is 12.3 Å². The van der Waals surface area contributed by atoms with Crippen molar-refractivity contribution in [2.45, 2.75) is 45.6 Å². The quantitative estimate of drug-likeness (QED) is 0.352. The molecule has 1 unspecified atom stereocenters. The Morgan fingerprint density at radius 3 is 2.34 bits per heavy atom. The summed E-state index contributed by atoms with van der Waals surface area (Å²) in [5, 5.41) is 14.3. The SMILES string of the molecule is CCO[C@H](CC(=O)NO)C(Cc1ccc(Cl)cc1)c1ccc(-c2c(C)nn(C)c2C)cc1. The second kappa shape index (κ2) is 10.8. The predicted molar refractivity (Wildman–Crippen MR) is 126 cm³/mol.